The van der Waals surface area contributed by atoms with Crippen molar-refractivity contribution in [1.82, 2.24) is 0 Å². The van der Waals surface area contributed by atoms with E-state index in [2.05, 4.69) is 5.32 Å². The lowest BCUT2D eigenvalue weighted by molar-refractivity contribution is -0.116. The van der Waals surface area contributed by atoms with E-state index >= 15 is 0 Å². The number of halogens is 2. The van der Waals surface area contributed by atoms with Crippen LogP contribution in [0, 0.1) is 5.82 Å². The molecule has 2 aromatic carbocycles. The van der Waals surface area contributed by atoms with E-state index in [9.17, 15) is 17.6 Å². The number of para-hydroxylation sites is 1. The maximum absolute atomic E-state index is 14.0. The lowest BCUT2D eigenvalue weighted by atomic mass is 10.2. The van der Waals surface area contributed by atoms with Gasteiger partial charge in [-0.15, -0.1) is 0 Å². The second-order valence-electron chi connectivity index (χ2n) is 5.19. The Bertz CT molecular complexity index is 858. The van der Waals surface area contributed by atoms with E-state index in [1.807, 2.05) is 0 Å². The van der Waals surface area contributed by atoms with Crippen LogP contribution in [0.25, 0.3) is 0 Å². The van der Waals surface area contributed by atoms with Gasteiger partial charge in [-0.3, -0.25) is 9.10 Å². The number of nitrogens with one attached hydrogen (secondary N) is 1. The number of rotatable bonds is 5. The van der Waals surface area contributed by atoms with Gasteiger partial charge in [-0.05, 0) is 37.3 Å². The number of benzene rings is 2. The molecule has 0 aliphatic carbocycles. The second kappa shape index (κ2) is 7.19. The number of amides is 1. The van der Waals surface area contributed by atoms with Gasteiger partial charge in [0.05, 0.1) is 11.9 Å². The van der Waals surface area contributed by atoms with Gasteiger partial charge in [0.1, 0.15) is 11.9 Å². The third-order valence-corrected chi connectivity index (χ3v) is 4.73. The molecule has 0 heterocycles. The normalized spacial score (nSPS) is 12.5. The van der Waals surface area contributed by atoms with Gasteiger partial charge in [-0.25, -0.2) is 12.8 Å². The molecule has 128 valence electrons. The van der Waals surface area contributed by atoms with Crippen LogP contribution in [0.15, 0.2) is 48.5 Å². The summed E-state index contributed by atoms with van der Waals surface area (Å²) in [6.45, 7) is 1.38. The van der Waals surface area contributed by atoms with Gasteiger partial charge in [-0.2, -0.15) is 0 Å². The molecule has 0 fully saturated rings. The fraction of sp³-hybridized carbons (Fsp3) is 0.188. The smallest absolute Gasteiger partial charge is 0.247 e. The molecular weight excluding hydrogens is 355 g/mol. The van der Waals surface area contributed by atoms with E-state index in [-0.39, 0.29) is 5.69 Å². The molecule has 0 spiro atoms. The Morgan fingerprint density at radius 3 is 2.46 bits per heavy atom. The first-order chi connectivity index (χ1) is 11.2. The number of hydrogen-bond donors (Lipinski definition) is 1. The maximum atomic E-state index is 14.0. The van der Waals surface area contributed by atoms with Crippen LogP contribution in [-0.2, 0) is 14.8 Å². The molecule has 0 aromatic heterocycles. The minimum atomic E-state index is -3.88. The van der Waals surface area contributed by atoms with Crippen molar-refractivity contribution in [2.24, 2.45) is 0 Å². The highest BCUT2D eigenvalue weighted by Crippen LogP contribution is 2.25. The Morgan fingerprint density at radius 2 is 1.88 bits per heavy atom. The van der Waals surface area contributed by atoms with Gasteiger partial charge >= 0.3 is 0 Å². The van der Waals surface area contributed by atoms with Crippen molar-refractivity contribution < 1.29 is 17.6 Å². The lowest BCUT2D eigenvalue weighted by Gasteiger charge is -2.28. The summed E-state index contributed by atoms with van der Waals surface area (Å²) in [7, 11) is -3.88. The van der Waals surface area contributed by atoms with Crippen molar-refractivity contribution >= 4 is 38.9 Å². The quantitative estimate of drug-likeness (QED) is 0.878. The van der Waals surface area contributed by atoms with Gasteiger partial charge in [0.25, 0.3) is 0 Å². The molecule has 1 atom stereocenters. The first-order valence-electron chi connectivity index (χ1n) is 7.00. The minimum absolute atomic E-state index is 0.186. The molecule has 0 unspecified atom stereocenters. The fourth-order valence-electron chi connectivity index (χ4n) is 2.22. The number of anilines is 2. The summed E-state index contributed by atoms with van der Waals surface area (Å²) in [6, 6.07) is 10.7. The highest BCUT2D eigenvalue weighted by Gasteiger charge is 2.30. The molecule has 0 saturated carbocycles. The van der Waals surface area contributed by atoms with Crippen LogP contribution >= 0.6 is 11.6 Å². The van der Waals surface area contributed by atoms with Gasteiger partial charge in [0, 0.05) is 10.7 Å². The molecule has 24 heavy (non-hydrogen) atoms. The van der Waals surface area contributed by atoms with Crippen molar-refractivity contribution in [2.45, 2.75) is 13.0 Å². The lowest BCUT2D eigenvalue weighted by Crippen LogP contribution is -2.45. The highest BCUT2D eigenvalue weighted by molar-refractivity contribution is 7.92. The third-order valence-electron chi connectivity index (χ3n) is 3.27. The van der Waals surface area contributed by atoms with Crippen LogP contribution in [0.2, 0.25) is 5.02 Å². The molecule has 0 bridgehead atoms. The van der Waals surface area contributed by atoms with Crippen molar-refractivity contribution in [3.05, 3.63) is 59.4 Å². The Morgan fingerprint density at radius 1 is 1.21 bits per heavy atom. The summed E-state index contributed by atoms with van der Waals surface area (Å²) in [4.78, 5) is 12.4. The Labute approximate surface area is 145 Å². The molecular formula is C16H16ClFN2O3S. The summed E-state index contributed by atoms with van der Waals surface area (Å²) in [5.74, 6) is -1.34. The van der Waals surface area contributed by atoms with Gasteiger partial charge < -0.3 is 5.32 Å². The zero-order valence-corrected chi connectivity index (χ0v) is 14.6. The van der Waals surface area contributed by atoms with Crippen LogP contribution in [0.1, 0.15) is 6.92 Å². The molecule has 1 N–H and O–H groups in total. The monoisotopic (exact) mass is 370 g/mol. The Kier molecular flexibility index (Phi) is 5.46. The molecule has 5 nitrogen and oxygen atoms in total. The predicted octanol–water partition coefficient (Wildman–Crippen LogP) is 3.27. The molecule has 1 amide bonds. The minimum Gasteiger partial charge on any atom is -0.324 e. The highest BCUT2D eigenvalue weighted by atomic mass is 35.5. The van der Waals surface area contributed by atoms with Gasteiger partial charge in [0.2, 0.25) is 15.9 Å². The molecule has 0 radical (unpaired) electrons. The van der Waals surface area contributed by atoms with E-state index < -0.39 is 27.8 Å². The average Bonchev–Trinajstić information content (AvgIpc) is 2.48. The van der Waals surface area contributed by atoms with Crippen molar-refractivity contribution in [3.63, 3.8) is 0 Å². The largest absolute Gasteiger partial charge is 0.324 e. The van der Waals surface area contributed by atoms with E-state index in [1.165, 1.54) is 31.2 Å². The number of nitrogens with zero attached hydrogens (tertiary/aromatic N) is 1. The number of carbonyl (C=O) groups excluding carboxylic acids is 1. The van der Waals surface area contributed by atoms with Crippen LogP contribution < -0.4 is 9.62 Å². The topological polar surface area (TPSA) is 66.5 Å². The summed E-state index contributed by atoms with van der Waals surface area (Å²) in [5.41, 5.74) is 0.232. The van der Waals surface area contributed by atoms with Crippen LogP contribution in [0.5, 0.6) is 0 Å². The van der Waals surface area contributed by atoms with E-state index in [1.54, 1.807) is 18.2 Å². The third kappa shape index (κ3) is 4.24. The predicted molar refractivity (Wildman–Crippen MR) is 93.3 cm³/mol. The summed E-state index contributed by atoms with van der Waals surface area (Å²) < 4.78 is 39.0. The summed E-state index contributed by atoms with van der Waals surface area (Å²) in [6.07, 6.45) is 0.919. The first kappa shape index (κ1) is 18.2. The Hall–Kier alpha value is -2.12. The SMILES string of the molecule is C[C@@H](C(=O)Nc1cccc(Cl)c1)N(c1ccccc1F)S(C)(=O)=O. The molecule has 8 heteroatoms. The number of hydrogen-bond acceptors (Lipinski definition) is 3. The van der Waals surface area contributed by atoms with E-state index in [4.69, 9.17) is 11.6 Å². The van der Waals surface area contributed by atoms with Crippen LogP contribution in [0.3, 0.4) is 0 Å². The van der Waals surface area contributed by atoms with Crippen molar-refractivity contribution in [2.75, 3.05) is 15.9 Å². The van der Waals surface area contributed by atoms with E-state index in [0.717, 1.165) is 16.6 Å². The maximum Gasteiger partial charge on any atom is 0.247 e. The van der Waals surface area contributed by atoms with E-state index in [0.29, 0.717) is 10.7 Å². The van der Waals surface area contributed by atoms with Crippen molar-refractivity contribution in [3.8, 4) is 0 Å². The number of carbonyl (C=O) groups is 1. The van der Waals surface area contributed by atoms with Crippen molar-refractivity contribution in [1.29, 1.82) is 0 Å². The average molecular weight is 371 g/mol. The van der Waals surface area contributed by atoms with Crippen LogP contribution in [0.4, 0.5) is 15.8 Å². The van der Waals surface area contributed by atoms with Gasteiger partial charge in [0.15, 0.2) is 0 Å². The summed E-state index contributed by atoms with van der Waals surface area (Å²) >= 11 is 5.85. The zero-order valence-electron chi connectivity index (χ0n) is 13.0. The fourth-order valence-corrected chi connectivity index (χ4v) is 3.59. The molecule has 2 rings (SSSR count). The first-order valence-corrected chi connectivity index (χ1v) is 9.23. The molecule has 0 aliphatic rings. The standard InChI is InChI=1S/C16H16ClFN2O3S/c1-11(16(21)19-13-7-5-6-12(17)10-13)20(24(2,22)23)15-9-4-3-8-14(15)18/h3-11H,1-2H3,(H,19,21)/t11-/m0/s1. The Balaban J connectivity index is 2.33. The second-order valence-corrected chi connectivity index (χ2v) is 7.48. The van der Waals surface area contributed by atoms with Crippen LogP contribution in [-0.4, -0.2) is 26.6 Å². The molecule has 0 aliphatic heterocycles. The van der Waals surface area contributed by atoms with Gasteiger partial charge in [-0.1, -0.05) is 29.8 Å². The molecule has 2 aromatic rings. The number of sulfonamides is 1. The summed E-state index contributed by atoms with van der Waals surface area (Å²) in [5, 5.41) is 3.00. The molecule has 0 saturated heterocycles. The zero-order chi connectivity index (χ0) is 17.9.